The first kappa shape index (κ1) is 28.9. The largest absolute Gasteiger partial charge is 0.455 e. The van der Waals surface area contributed by atoms with Crippen LogP contribution in [0.5, 0.6) is 0 Å². The minimum absolute atomic E-state index is 0.864. The van der Waals surface area contributed by atoms with E-state index in [1.165, 1.54) is 16.5 Å². The average molecular weight is 631 g/mol. The fourth-order valence-electron chi connectivity index (χ4n) is 7.39. The lowest BCUT2D eigenvalue weighted by atomic mass is 9.97. The third-order valence-electron chi connectivity index (χ3n) is 9.66. The zero-order valence-corrected chi connectivity index (χ0v) is 27.5. The van der Waals surface area contributed by atoms with E-state index < -0.39 is 0 Å². The Morgan fingerprint density at radius 1 is 0.367 bits per heavy atom. The van der Waals surface area contributed by atoms with Crippen LogP contribution in [0, 0.1) is 13.8 Å². The number of rotatable bonds is 6. The quantitative estimate of drug-likeness (QED) is 0.182. The number of benzene rings is 8. The number of hydrogen-bond acceptors (Lipinski definition) is 3. The van der Waals surface area contributed by atoms with Gasteiger partial charge in [-0.3, -0.25) is 0 Å². The number of anilines is 6. The minimum Gasteiger partial charge on any atom is -0.455 e. The molecular weight excluding hydrogens is 597 g/mol. The molecule has 49 heavy (non-hydrogen) atoms. The highest BCUT2D eigenvalue weighted by Gasteiger charge is 2.24. The Bertz CT molecular complexity index is 2640. The van der Waals surface area contributed by atoms with E-state index in [0.29, 0.717) is 0 Å². The van der Waals surface area contributed by atoms with Crippen molar-refractivity contribution in [1.82, 2.24) is 0 Å². The van der Waals surface area contributed by atoms with E-state index in [1.807, 2.05) is 0 Å². The molecule has 1 heterocycles. The zero-order valence-electron chi connectivity index (χ0n) is 27.5. The Balaban J connectivity index is 1.39. The highest BCUT2D eigenvalue weighted by Crippen LogP contribution is 2.49. The monoisotopic (exact) mass is 630 g/mol. The molecule has 8 aromatic carbocycles. The topological polar surface area (TPSA) is 19.6 Å². The van der Waals surface area contributed by atoms with Crippen LogP contribution < -0.4 is 9.80 Å². The summed E-state index contributed by atoms with van der Waals surface area (Å²) in [4.78, 5) is 4.75. The summed E-state index contributed by atoms with van der Waals surface area (Å²) in [5.74, 6) is 0. The average Bonchev–Trinajstić information content (AvgIpc) is 3.53. The van der Waals surface area contributed by atoms with E-state index in [0.717, 1.165) is 72.2 Å². The minimum atomic E-state index is 0.864. The fraction of sp³-hybridized carbons (Fsp3) is 0.0435. The molecule has 234 valence electrons. The molecule has 3 nitrogen and oxygen atoms in total. The zero-order chi connectivity index (χ0) is 32.9. The molecule has 9 aromatic rings. The fourth-order valence-corrected chi connectivity index (χ4v) is 7.39. The van der Waals surface area contributed by atoms with Crippen molar-refractivity contribution in [3.63, 3.8) is 0 Å². The number of aryl methyl sites for hydroxylation is 2. The number of fused-ring (bicyclic) bond motifs is 7. The maximum Gasteiger partial charge on any atom is 0.143 e. The van der Waals surface area contributed by atoms with Crippen molar-refractivity contribution in [3.05, 3.63) is 181 Å². The van der Waals surface area contributed by atoms with E-state index in [2.05, 4.69) is 194 Å². The summed E-state index contributed by atoms with van der Waals surface area (Å²) in [5, 5.41) is 6.77. The van der Waals surface area contributed by atoms with E-state index in [-0.39, 0.29) is 0 Å². The van der Waals surface area contributed by atoms with Gasteiger partial charge in [0.25, 0.3) is 0 Å². The maximum absolute atomic E-state index is 6.99. The van der Waals surface area contributed by atoms with Gasteiger partial charge < -0.3 is 14.2 Å². The highest BCUT2D eigenvalue weighted by atomic mass is 16.3. The van der Waals surface area contributed by atoms with Gasteiger partial charge in [0.05, 0.1) is 11.4 Å². The molecule has 0 atom stereocenters. The molecule has 0 N–H and O–H groups in total. The van der Waals surface area contributed by atoms with E-state index in [4.69, 9.17) is 4.42 Å². The molecule has 0 fully saturated rings. The summed E-state index contributed by atoms with van der Waals surface area (Å²) in [7, 11) is 0. The lowest BCUT2D eigenvalue weighted by molar-refractivity contribution is 0.673. The Hall–Kier alpha value is -6.32. The van der Waals surface area contributed by atoms with Crippen LogP contribution in [-0.4, -0.2) is 0 Å². The Labute approximate surface area is 285 Å². The third-order valence-corrected chi connectivity index (χ3v) is 9.66. The van der Waals surface area contributed by atoms with Gasteiger partial charge in [-0.05, 0) is 72.8 Å². The number of nitrogens with zero attached hydrogens (tertiary/aromatic N) is 2. The van der Waals surface area contributed by atoms with Crippen LogP contribution in [0.25, 0.3) is 43.5 Å². The second kappa shape index (κ2) is 11.7. The first-order chi connectivity index (χ1) is 24.2. The molecule has 0 bridgehead atoms. The summed E-state index contributed by atoms with van der Waals surface area (Å²) in [6.07, 6.45) is 0. The summed E-state index contributed by atoms with van der Waals surface area (Å²) >= 11 is 0. The second-order valence-electron chi connectivity index (χ2n) is 12.6. The molecule has 0 aliphatic heterocycles. The van der Waals surface area contributed by atoms with Gasteiger partial charge in [-0.15, -0.1) is 0 Å². The maximum atomic E-state index is 6.99. The number of furan rings is 1. The van der Waals surface area contributed by atoms with Crippen LogP contribution in [0.2, 0.25) is 0 Å². The molecular formula is C46H34N2O. The molecule has 0 aliphatic rings. The Morgan fingerprint density at radius 3 is 1.35 bits per heavy atom. The second-order valence-corrected chi connectivity index (χ2v) is 12.6. The summed E-state index contributed by atoms with van der Waals surface area (Å²) in [6, 6.07) is 60.4. The standard InChI is InChI=1S/C46H34N2O/c1-31-17-9-15-27-40(31)47(33-19-5-3-6-20-33)42-29-39-45-37-25-13-11-23-35(37)43(30-44(45)49-46(39)38-26-14-12-24-36(38)42)48(34-21-7-4-8-22-34)41-28-16-10-18-32(41)2/h3-30H,1-2H3. The first-order valence-electron chi connectivity index (χ1n) is 16.8. The Morgan fingerprint density at radius 2 is 0.796 bits per heavy atom. The summed E-state index contributed by atoms with van der Waals surface area (Å²) in [5.41, 5.74) is 10.9. The molecule has 0 amide bonds. The van der Waals surface area contributed by atoms with Crippen molar-refractivity contribution in [2.24, 2.45) is 0 Å². The molecule has 0 saturated heterocycles. The molecule has 0 unspecified atom stereocenters. The van der Waals surface area contributed by atoms with E-state index in [1.54, 1.807) is 0 Å². The molecule has 9 rings (SSSR count). The van der Waals surface area contributed by atoms with Crippen LogP contribution in [0.3, 0.4) is 0 Å². The molecule has 0 aliphatic carbocycles. The molecule has 3 heteroatoms. The van der Waals surface area contributed by atoms with Gasteiger partial charge in [-0.2, -0.15) is 0 Å². The van der Waals surface area contributed by atoms with Crippen LogP contribution in [0.15, 0.2) is 174 Å². The van der Waals surface area contributed by atoms with Crippen LogP contribution in [0.1, 0.15) is 11.1 Å². The van der Waals surface area contributed by atoms with Gasteiger partial charge in [0.2, 0.25) is 0 Å². The lowest BCUT2D eigenvalue weighted by Gasteiger charge is -2.28. The van der Waals surface area contributed by atoms with Gasteiger partial charge in [0.15, 0.2) is 0 Å². The smallest absolute Gasteiger partial charge is 0.143 e. The number of para-hydroxylation sites is 4. The molecule has 0 spiro atoms. The summed E-state index contributed by atoms with van der Waals surface area (Å²) < 4.78 is 6.99. The van der Waals surface area contributed by atoms with Gasteiger partial charge in [-0.25, -0.2) is 0 Å². The predicted molar refractivity (Wildman–Crippen MR) is 208 cm³/mol. The van der Waals surface area contributed by atoms with Crippen molar-refractivity contribution in [1.29, 1.82) is 0 Å². The number of hydrogen-bond donors (Lipinski definition) is 0. The molecule has 1 aromatic heterocycles. The van der Waals surface area contributed by atoms with Gasteiger partial charge in [0.1, 0.15) is 11.2 Å². The highest BCUT2D eigenvalue weighted by molar-refractivity contribution is 6.27. The van der Waals surface area contributed by atoms with Gasteiger partial charge in [-0.1, -0.05) is 121 Å². The van der Waals surface area contributed by atoms with Crippen molar-refractivity contribution in [2.45, 2.75) is 13.8 Å². The van der Waals surface area contributed by atoms with Crippen molar-refractivity contribution < 1.29 is 4.42 Å². The third kappa shape index (κ3) is 4.74. The van der Waals surface area contributed by atoms with Crippen LogP contribution in [-0.2, 0) is 0 Å². The van der Waals surface area contributed by atoms with Crippen LogP contribution >= 0.6 is 0 Å². The van der Waals surface area contributed by atoms with E-state index in [9.17, 15) is 0 Å². The lowest BCUT2D eigenvalue weighted by Crippen LogP contribution is -2.12. The molecule has 0 radical (unpaired) electrons. The first-order valence-corrected chi connectivity index (χ1v) is 16.8. The molecule has 0 saturated carbocycles. The van der Waals surface area contributed by atoms with E-state index >= 15 is 0 Å². The van der Waals surface area contributed by atoms with Crippen molar-refractivity contribution in [3.8, 4) is 0 Å². The van der Waals surface area contributed by atoms with Crippen LogP contribution in [0.4, 0.5) is 34.1 Å². The van der Waals surface area contributed by atoms with Crippen molar-refractivity contribution in [2.75, 3.05) is 9.80 Å². The Kier molecular flexibility index (Phi) is 6.91. The summed E-state index contributed by atoms with van der Waals surface area (Å²) in [6.45, 7) is 4.36. The van der Waals surface area contributed by atoms with Gasteiger partial charge in [0, 0.05) is 55.7 Å². The van der Waals surface area contributed by atoms with Gasteiger partial charge >= 0.3 is 0 Å². The van der Waals surface area contributed by atoms with Crippen molar-refractivity contribution >= 4 is 77.6 Å². The SMILES string of the molecule is Cc1ccccc1N(c1ccccc1)c1cc2c(oc3cc(N(c4ccccc4)c4ccccc4C)c4ccccc4c32)c2ccccc12. The predicted octanol–water partition coefficient (Wildman–Crippen LogP) is 13.4. The normalized spacial score (nSPS) is 11.5.